The largest absolute Gasteiger partial charge is 0.344 e. The van der Waals surface area contributed by atoms with Gasteiger partial charge in [-0.1, -0.05) is 30.4 Å². The standard InChI is InChI=1S/C19H22FN5S2/c1-2-17-21-16(13-26-17)12-24-7-9-25(10-8-24)19-23-22-18(27-19)11-14-3-5-15(20)6-4-14/h3-6,13H,2,7-12H2,1H3. The van der Waals surface area contributed by atoms with Crippen LogP contribution in [0.2, 0.25) is 0 Å². The van der Waals surface area contributed by atoms with Crippen LogP contribution < -0.4 is 4.90 Å². The molecule has 8 heteroatoms. The van der Waals surface area contributed by atoms with Crippen LogP contribution in [-0.4, -0.2) is 46.3 Å². The zero-order valence-electron chi connectivity index (χ0n) is 15.3. The Morgan fingerprint density at radius 1 is 1.04 bits per heavy atom. The van der Waals surface area contributed by atoms with E-state index >= 15 is 0 Å². The molecule has 0 N–H and O–H groups in total. The summed E-state index contributed by atoms with van der Waals surface area (Å²) in [5.41, 5.74) is 2.24. The molecule has 0 radical (unpaired) electrons. The summed E-state index contributed by atoms with van der Waals surface area (Å²) in [7, 11) is 0. The Hall–Kier alpha value is -1.90. The highest BCUT2D eigenvalue weighted by atomic mass is 32.1. The summed E-state index contributed by atoms with van der Waals surface area (Å²) in [5, 5.41) is 14.0. The van der Waals surface area contributed by atoms with Gasteiger partial charge in [0.1, 0.15) is 10.8 Å². The summed E-state index contributed by atoms with van der Waals surface area (Å²) >= 11 is 3.38. The van der Waals surface area contributed by atoms with Crippen LogP contribution >= 0.6 is 22.7 Å². The van der Waals surface area contributed by atoms with Crippen molar-refractivity contribution in [1.82, 2.24) is 20.1 Å². The molecule has 0 atom stereocenters. The van der Waals surface area contributed by atoms with Gasteiger partial charge in [0.2, 0.25) is 5.13 Å². The molecule has 3 heterocycles. The number of benzene rings is 1. The minimum Gasteiger partial charge on any atom is -0.344 e. The lowest BCUT2D eigenvalue weighted by molar-refractivity contribution is 0.247. The maximum absolute atomic E-state index is 13.0. The van der Waals surface area contributed by atoms with Crippen molar-refractivity contribution in [1.29, 1.82) is 0 Å². The van der Waals surface area contributed by atoms with E-state index in [0.717, 1.165) is 54.8 Å². The normalized spacial score (nSPS) is 15.4. The summed E-state index contributed by atoms with van der Waals surface area (Å²) in [4.78, 5) is 9.42. The minimum absolute atomic E-state index is 0.210. The molecule has 1 aliphatic heterocycles. The van der Waals surface area contributed by atoms with E-state index < -0.39 is 0 Å². The van der Waals surface area contributed by atoms with Gasteiger partial charge in [-0.3, -0.25) is 4.90 Å². The second kappa shape index (κ2) is 8.41. The molecule has 0 aliphatic carbocycles. The average molecular weight is 404 g/mol. The van der Waals surface area contributed by atoms with E-state index in [1.807, 2.05) is 0 Å². The van der Waals surface area contributed by atoms with Crippen molar-refractivity contribution in [2.75, 3.05) is 31.1 Å². The second-order valence-electron chi connectivity index (χ2n) is 6.63. The van der Waals surface area contributed by atoms with Crippen LogP contribution in [0.3, 0.4) is 0 Å². The van der Waals surface area contributed by atoms with Gasteiger partial charge in [-0.15, -0.1) is 21.5 Å². The lowest BCUT2D eigenvalue weighted by Gasteiger charge is -2.33. The minimum atomic E-state index is -0.210. The Bertz CT molecular complexity index is 868. The maximum atomic E-state index is 13.0. The molecule has 4 rings (SSSR count). The summed E-state index contributed by atoms with van der Waals surface area (Å²) in [6.07, 6.45) is 1.71. The third-order valence-electron chi connectivity index (χ3n) is 4.65. The van der Waals surface area contributed by atoms with Crippen LogP contribution in [0.4, 0.5) is 9.52 Å². The van der Waals surface area contributed by atoms with E-state index in [9.17, 15) is 4.39 Å². The Morgan fingerprint density at radius 2 is 1.81 bits per heavy atom. The number of thiazole rings is 1. The molecule has 0 amide bonds. The molecule has 1 aromatic carbocycles. The van der Waals surface area contributed by atoms with Crippen molar-refractivity contribution in [3.05, 3.63) is 56.7 Å². The van der Waals surface area contributed by atoms with Crippen LogP contribution in [0.1, 0.15) is 28.2 Å². The second-order valence-corrected chi connectivity index (χ2v) is 8.61. The fourth-order valence-electron chi connectivity index (χ4n) is 3.13. The summed E-state index contributed by atoms with van der Waals surface area (Å²) in [6.45, 7) is 6.99. The zero-order chi connectivity index (χ0) is 18.6. The third-order valence-corrected chi connectivity index (χ3v) is 6.68. The van der Waals surface area contributed by atoms with Gasteiger partial charge in [0.05, 0.1) is 10.7 Å². The predicted octanol–water partition coefficient (Wildman–Crippen LogP) is 3.61. The fourth-order valence-corrected chi connectivity index (χ4v) is 4.79. The molecule has 142 valence electrons. The van der Waals surface area contributed by atoms with Crippen LogP contribution in [0, 0.1) is 5.82 Å². The first kappa shape index (κ1) is 18.5. The first-order valence-corrected chi connectivity index (χ1v) is 10.9. The first-order chi connectivity index (χ1) is 13.2. The van der Waals surface area contributed by atoms with Gasteiger partial charge in [-0.2, -0.15) is 0 Å². The molecule has 0 unspecified atom stereocenters. The smallest absolute Gasteiger partial charge is 0.208 e. The monoisotopic (exact) mass is 403 g/mol. The number of aromatic nitrogens is 3. The van der Waals surface area contributed by atoms with E-state index in [4.69, 9.17) is 0 Å². The van der Waals surface area contributed by atoms with Gasteiger partial charge >= 0.3 is 0 Å². The van der Waals surface area contributed by atoms with E-state index in [2.05, 4.69) is 37.3 Å². The summed E-state index contributed by atoms with van der Waals surface area (Å²) in [5.74, 6) is -0.210. The lowest BCUT2D eigenvalue weighted by Crippen LogP contribution is -2.46. The number of anilines is 1. The molecule has 0 bridgehead atoms. The van der Waals surface area contributed by atoms with Crippen molar-refractivity contribution in [2.24, 2.45) is 0 Å². The van der Waals surface area contributed by atoms with E-state index in [1.54, 1.807) is 34.8 Å². The SMILES string of the molecule is CCc1nc(CN2CCN(c3nnc(Cc4ccc(F)cc4)s3)CC2)cs1. The number of hydrogen-bond donors (Lipinski definition) is 0. The van der Waals surface area contributed by atoms with Crippen molar-refractivity contribution < 1.29 is 4.39 Å². The Morgan fingerprint density at radius 3 is 2.52 bits per heavy atom. The van der Waals surface area contributed by atoms with Crippen molar-refractivity contribution in [3.63, 3.8) is 0 Å². The van der Waals surface area contributed by atoms with Gasteiger partial charge in [0.15, 0.2) is 0 Å². The first-order valence-electron chi connectivity index (χ1n) is 9.17. The topological polar surface area (TPSA) is 45.2 Å². The molecule has 0 saturated carbocycles. The van der Waals surface area contributed by atoms with E-state index in [1.165, 1.54) is 22.8 Å². The number of aryl methyl sites for hydroxylation is 1. The number of halogens is 1. The highest BCUT2D eigenvalue weighted by molar-refractivity contribution is 7.15. The number of nitrogens with zero attached hydrogens (tertiary/aromatic N) is 5. The molecular weight excluding hydrogens is 381 g/mol. The molecule has 1 saturated heterocycles. The molecule has 5 nitrogen and oxygen atoms in total. The highest BCUT2D eigenvalue weighted by Crippen LogP contribution is 2.24. The lowest BCUT2D eigenvalue weighted by atomic mass is 10.2. The fraction of sp³-hybridized carbons (Fsp3) is 0.421. The molecule has 1 fully saturated rings. The number of piperazine rings is 1. The molecule has 0 spiro atoms. The van der Waals surface area contributed by atoms with Crippen LogP contribution in [0.5, 0.6) is 0 Å². The van der Waals surface area contributed by atoms with Crippen LogP contribution in [-0.2, 0) is 19.4 Å². The number of rotatable bonds is 6. The van der Waals surface area contributed by atoms with Crippen molar-refractivity contribution >= 4 is 27.8 Å². The molecule has 3 aromatic rings. The predicted molar refractivity (Wildman–Crippen MR) is 108 cm³/mol. The Balaban J connectivity index is 1.30. The van der Waals surface area contributed by atoms with E-state index in [-0.39, 0.29) is 5.82 Å². The molecule has 1 aliphatic rings. The maximum Gasteiger partial charge on any atom is 0.208 e. The Labute approximate surface area is 166 Å². The molecular formula is C19H22FN5S2. The van der Waals surface area contributed by atoms with Gasteiger partial charge in [-0.25, -0.2) is 9.37 Å². The zero-order valence-corrected chi connectivity index (χ0v) is 16.9. The molecule has 27 heavy (non-hydrogen) atoms. The quantitative estimate of drug-likeness (QED) is 0.629. The number of hydrogen-bond acceptors (Lipinski definition) is 7. The Kier molecular flexibility index (Phi) is 5.75. The van der Waals surface area contributed by atoms with E-state index in [0.29, 0.717) is 6.42 Å². The molecule has 2 aromatic heterocycles. The summed E-state index contributed by atoms with van der Waals surface area (Å²) < 4.78 is 13.0. The van der Waals surface area contributed by atoms with Gasteiger partial charge in [-0.05, 0) is 24.1 Å². The van der Waals surface area contributed by atoms with Gasteiger partial charge < -0.3 is 4.90 Å². The van der Waals surface area contributed by atoms with Gasteiger partial charge in [0.25, 0.3) is 0 Å². The van der Waals surface area contributed by atoms with Crippen molar-refractivity contribution in [2.45, 2.75) is 26.3 Å². The van der Waals surface area contributed by atoms with Crippen LogP contribution in [0.25, 0.3) is 0 Å². The van der Waals surface area contributed by atoms with Gasteiger partial charge in [0, 0.05) is 44.5 Å². The summed E-state index contributed by atoms with van der Waals surface area (Å²) in [6, 6.07) is 6.58. The third kappa shape index (κ3) is 4.69. The highest BCUT2D eigenvalue weighted by Gasteiger charge is 2.21. The van der Waals surface area contributed by atoms with Crippen LogP contribution in [0.15, 0.2) is 29.6 Å². The van der Waals surface area contributed by atoms with Crippen molar-refractivity contribution in [3.8, 4) is 0 Å². The average Bonchev–Trinajstić information content (AvgIpc) is 3.34.